The van der Waals surface area contributed by atoms with Crippen molar-refractivity contribution in [3.05, 3.63) is 38.5 Å². The standard InChI is InChI=1S/C12H14N2O2S2/c1-2-9(11-13-4-6-18-11)14-7-8-3-5-17-10(8)12(15)16/h3-6,9,14H,2,7H2,1H3,(H,15,16). The second-order valence-electron chi connectivity index (χ2n) is 3.79. The van der Waals surface area contributed by atoms with Gasteiger partial charge in [-0.2, -0.15) is 0 Å². The predicted molar refractivity (Wildman–Crippen MR) is 73.3 cm³/mol. The lowest BCUT2D eigenvalue weighted by Gasteiger charge is -2.14. The van der Waals surface area contributed by atoms with Crippen molar-refractivity contribution >= 4 is 28.6 Å². The first-order valence-corrected chi connectivity index (χ1v) is 7.40. The van der Waals surface area contributed by atoms with Gasteiger partial charge in [-0.05, 0) is 23.4 Å². The molecule has 2 aromatic rings. The van der Waals surface area contributed by atoms with Gasteiger partial charge in [0, 0.05) is 18.1 Å². The van der Waals surface area contributed by atoms with E-state index in [-0.39, 0.29) is 6.04 Å². The van der Waals surface area contributed by atoms with Crippen LogP contribution < -0.4 is 5.32 Å². The van der Waals surface area contributed by atoms with E-state index in [4.69, 9.17) is 5.11 Å². The van der Waals surface area contributed by atoms with E-state index in [9.17, 15) is 4.79 Å². The molecule has 0 saturated carbocycles. The zero-order valence-corrected chi connectivity index (χ0v) is 11.6. The minimum Gasteiger partial charge on any atom is -0.477 e. The van der Waals surface area contributed by atoms with Crippen molar-refractivity contribution < 1.29 is 9.90 Å². The van der Waals surface area contributed by atoms with Gasteiger partial charge in [-0.25, -0.2) is 9.78 Å². The van der Waals surface area contributed by atoms with Crippen LogP contribution in [0, 0.1) is 0 Å². The van der Waals surface area contributed by atoms with Gasteiger partial charge in [0.2, 0.25) is 0 Å². The Labute approximate surface area is 113 Å². The van der Waals surface area contributed by atoms with Gasteiger partial charge in [-0.1, -0.05) is 6.92 Å². The summed E-state index contributed by atoms with van der Waals surface area (Å²) in [7, 11) is 0. The van der Waals surface area contributed by atoms with Crippen LogP contribution in [0.25, 0.3) is 0 Å². The van der Waals surface area contributed by atoms with E-state index in [2.05, 4.69) is 17.2 Å². The number of carboxylic acid groups (broad SMARTS) is 1. The van der Waals surface area contributed by atoms with Gasteiger partial charge >= 0.3 is 5.97 Å². The highest BCUT2D eigenvalue weighted by Gasteiger charge is 2.15. The van der Waals surface area contributed by atoms with E-state index in [0.717, 1.165) is 17.0 Å². The number of hydrogen-bond acceptors (Lipinski definition) is 5. The van der Waals surface area contributed by atoms with E-state index < -0.39 is 5.97 Å². The Morgan fingerprint density at radius 1 is 1.50 bits per heavy atom. The number of nitrogens with zero attached hydrogens (tertiary/aromatic N) is 1. The SMILES string of the molecule is CCC(NCc1ccsc1C(=O)O)c1nccs1. The van der Waals surface area contributed by atoms with Crippen LogP contribution in [-0.4, -0.2) is 16.1 Å². The molecule has 1 unspecified atom stereocenters. The van der Waals surface area contributed by atoms with Gasteiger partial charge in [0.05, 0.1) is 6.04 Å². The molecule has 2 aromatic heterocycles. The van der Waals surface area contributed by atoms with E-state index in [1.165, 1.54) is 11.3 Å². The van der Waals surface area contributed by atoms with Crippen molar-refractivity contribution in [1.29, 1.82) is 0 Å². The quantitative estimate of drug-likeness (QED) is 0.854. The molecule has 6 heteroatoms. The second-order valence-corrected chi connectivity index (χ2v) is 5.63. The summed E-state index contributed by atoms with van der Waals surface area (Å²) >= 11 is 2.88. The first-order chi connectivity index (χ1) is 8.72. The highest BCUT2D eigenvalue weighted by molar-refractivity contribution is 7.12. The maximum Gasteiger partial charge on any atom is 0.346 e. The maximum absolute atomic E-state index is 11.0. The summed E-state index contributed by atoms with van der Waals surface area (Å²) in [5, 5.41) is 17.2. The average molecular weight is 282 g/mol. The number of thiophene rings is 1. The fourth-order valence-corrected chi connectivity index (χ4v) is 3.27. The third kappa shape index (κ3) is 2.95. The van der Waals surface area contributed by atoms with Crippen LogP contribution in [0.1, 0.15) is 39.6 Å². The third-order valence-electron chi connectivity index (χ3n) is 2.64. The van der Waals surface area contributed by atoms with Gasteiger partial charge in [0.1, 0.15) is 9.88 Å². The summed E-state index contributed by atoms with van der Waals surface area (Å²) in [5.41, 5.74) is 0.836. The summed E-state index contributed by atoms with van der Waals surface area (Å²) < 4.78 is 0. The number of thiazole rings is 1. The summed E-state index contributed by atoms with van der Waals surface area (Å²) in [5.74, 6) is -0.857. The fourth-order valence-electron chi connectivity index (χ4n) is 1.71. The zero-order valence-electron chi connectivity index (χ0n) is 9.92. The van der Waals surface area contributed by atoms with Gasteiger partial charge in [-0.3, -0.25) is 0 Å². The molecule has 0 aliphatic rings. The van der Waals surface area contributed by atoms with Crippen LogP contribution in [0.5, 0.6) is 0 Å². The molecular weight excluding hydrogens is 268 g/mol. The van der Waals surface area contributed by atoms with Crippen molar-refractivity contribution in [2.24, 2.45) is 0 Å². The smallest absolute Gasteiger partial charge is 0.346 e. The van der Waals surface area contributed by atoms with Crippen LogP contribution in [0.3, 0.4) is 0 Å². The van der Waals surface area contributed by atoms with Crippen molar-refractivity contribution in [2.75, 3.05) is 0 Å². The monoisotopic (exact) mass is 282 g/mol. The molecule has 2 rings (SSSR count). The van der Waals surface area contributed by atoms with E-state index >= 15 is 0 Å². The number of hydrogen-bond donors (Lipinski definition) is 2. The first kappa shape index (κ1) is 13.2. The van der Waals surface area contributed by atoms with Crippen LogP contribution in [0.15, 0.2) is 23.0 Å². The summed E-state index contributed by atoms with van der Waals surface area (Å²) in [6, 6.07) is 2.04. The Balaban J connectivity index is 2.02. The summed E-state index contributed by atoms with van der Waals surface area (Å²) in [6.07, 6.45) is 2.72. The molecule has 0 aliphatic carbocycles. The Morgan fingerprint density at radius 3 is 2.94 bits per heavy atom. The van der Waals surface area contributed by atoms with E-state index in [0.29, 0.717) is 11.4 Å². The van der Waals surface area contributed by atoms with Crippen molar-refractivity contribution in [2.45, 2.75) is 25.9 Å². The molecule has 2 heterocycles. The van der Waals surface area contributed by atoms with E-state index in [1.807, 2.05) is 16.8 Å². The Bertz CT molecular complexity index is 508. The molecule has 1 atom stereocenters. The molecule has 0 aromatic carbocycles. The number of nitrogens with one attached hydrogen (secondary N) is 1. The van der Waals surface area contributed by atoms with Gasteiger partial charge < -0.3 is 10.4 Å². The zero-order chi connectivity index (χ0) is 13.0. The van der Waals surface area contributed by atoms with Crippen LogP contribution in [-0.2, 0) is 6.54 Å². The molecule has 0 radical (unpaired) electrons. The number of carboxylic acids is 1. The van der Waals surface area contributed by atoms with Gasteiger partial charge in [-0.15, -0.1) is 22.7 Å². The molecule has 2 N–H and O–H groups in total. The first-order valence-electron chi connectivity index (χ1n) is 5.64. The number of rotatable bonds is 6. The molecule has 0 fully saturated rings. The fraction of sp³-hybridized carbons (Fsp3) is 0.333. The topological polar surface area (TPSA) is 62.2 Å². The molecule has 0 amide bonds. The molecule has 96 valence electrons. The molecule has 4 nitrogen and oxygen atoms in total. The Kier molecular flexibility index (Phi) is 4.46. The van der Waals surface area contributed by atoms with Crippen LogP contribution in [0.2, 0.25) is 0 Å². The Morgan fingerprint density at radius 2 is 2.33 bits per heavy atom. The average Bonchev–Trinajstić information content (AvgIpc) is 2.99. The minimum atomic E-state index is -0.857. The molecule has 0 bridgehead atoms. The third-order valence-corrected chi connectivity index (χ3v) is 4.47. The highest BCUT2D eigenvalue weighted by Crippen LogP contribution is 2.21. The predicted octanol–water partition coefficient (Wildman–Crippen LogP) is 3.14. The number of aromatic nitrogens is 1. The number of carbonyl (C=O) groups is 1. The maximum atomic E-state index is 11.0. The molecule has 0 spiro atoms. The van der Waals surface area contributed by atoms with Crippen LogP contribution >= 0.6 is 22.7 Å². The molecular formula is C12H14N2O2S2. The largest absolute Gasteiger partial charge is 0.477 e. The lowest BCUT2D eigenvalue weighted by Crippen LogP contribution is -2.20. The van der Waals surface area contributed by atoms with Crippen molar-refractivity contribution in [3.63, 3.8) is 0 Å². The van der Waals surface area contributed by atoms with Gasteiger partial charge in [0.25, 0.3) is 0 Å². The molecule has 0 aliphatic heterocycles. The van der Waals surface area contributed by atoms with Crippen LogP contribution in [0.4, 0.5) is 0 Å². The summed E-state index contributed by atoms with van der Waals surface area (Å²) in [6.45, 7) is 2.65. The van der Waals surface area contributed by atoms with Gasteiger partial charge in [0.15, 0.2) is 0 Å². The van der Waals surface area contributed by atoms with Crippen molar-refractivity contribution in [1.82, 2.24) is 10.3 Å². The van der Waals surface area contributed by atoms with Crippen molar-refractivity contribution in [3.8, 4) is 0 Å². The highest BCUT2D eigenvalue weighted by atomic mass is 32.1. The Hall–Kier alpha value is -1.24. The minimum absolute atomic E-state index is 0.187. The molecule has 0 saturated heterocycles. The lowest BCUT2D eigenvalue weighted by atomic mass is 10.2. The lowest BCUT2D eigenvalue weighted by molar-refractivity contribution is 0.0701. The normalized spacial score (nSPS) is 12.5. The number of aromatic carboxylic acids is 1. The molecule has 18 heavy (non-hydrogen) atoms. The van der Waals surface area contributed by atoms with E-state index in [1.54, 1.807) is 17.5 Å². The second kappa shape index (κ2) is 6.08. The summed E-state index contributed by atoms with van der Waals surface area (Å²) in [4.78, 5) is 15.7.